The number of hydrogen-bond acceptors (Lipinski definition) is 7. The summed E-state index contributed by atoms with van der Waals surface area (Å²) in [6.45, 7) is 1.81. The zero-order chi connectivity index (χ0) is 27.4. The summed E-state index contributed by atoms with van der Waals surface area (Å²) in [5, 5.41) is 0.388. The van der Waals surface area contributed by atoms with Crippen LogP contribution in [0.1, 0.15) is 12.8 Å². The van der Waals surface area contributed by atoms with E-state index in [1.807, 2.05) is 0 Å². The first kappa shape index (κ1) is 28.0. The molecular weight excluding hydrogens is 546 g/mol. The van der Waals surface area contributed by atoms with E-state index in [0.29, 0.717) is 23.7 Å². The minimum absolute atomic E-state index is 0.0834. The number of nitrogens with zero attached hydrogens (tertiary/aromatic N) is 3. The van der Waals surface area contributed by atoms with Crippen molar-refractivity contribution in [1.82, 2.24) is 14.1 Å². The van der Waals surface area contributed by atoms with Gasteiger partial charge in [0.1, 0.15) is 18.4 Å². The number of sulfonamides is 1. The Morgan fingerprint density at radius 3 is 2.26 bits per heavy atom. The lowest BCUT2D eigenvalue weighted by Gasteiger charge is -2.38. The number of hydrogen-bond donors (Lipinski definition) is 1. The number of carbonyl (C=O) groups excluding carboxylic acids is 2. The van der Waals surface area contributed by atoms with E-state index in [4.69, 9.17) is 26.8 Å². The maximum Gasteiger partial charge on any atom is 0.409 e. The average molecular weight is 573 g/mol. The second-order valence-electron chi connectivity index (χ2n) is 8.92. The van der Waals surface area contributed by atoms with Crippen molar-refractivity contribution >= 4 is 33.6 Å². The summed E-state index contributed by atoms with van der Waals surface area (Å²) in [5.41, 5.74) is 5.45. The molecule has 2 aliphatic rings. The van der Waals surface area contributed by atoms with Crippen molar-refractivity contribution in [2.75, 3.05) is 45.9 Å². The van der Waals surface area contributed by atoms with Crippen LogP contribution in [0.15, 0.2) is 41.3 Å². The van der Waals surface area contributed by atoms with Gasteiger partial charge < -0.3 is 20.1 Å². The largest absolute Gasteiger partial charge is 0.451 e. The molecule has 38 heavy (non-hydrogen) atoms. The molecule has 2 aromatic rings. The molecule has 2 N–H and O–H groups in total. The van der Waals surface area contributed by atoms with Crippen LogP contribution < -0.4 is 10.5 Å². The predicted molar refractivity (Wildman–Crippen MR) is 133 cm³/mol. The van der Waals surface area contributed by atoms with Gasteiger partial charge in [-0.3, -0.25) is 9.69 Å². The lowest BCUT2D eigenvalue weighted by molar-refractivity contribution is -0.123. The van der Waals surface area contributed by atoms with E-state index in [2.05, 4.69) is 4.90 Å². The van der Waals surface area contributed by atoms with Gasteiger partial charge in [0.05, 0.1) is 4.90 Å². The van der Waals surface area contributed by atoms with Crippen molar-refractivity contribution in [3.8, 4) is 11.5 Å². The van der Waals surface area contributed by atoms with E-state index in [0.717, 1.165) is 30.2 Å². The van der Waals surface area contributed by atoms with E-state index in [-0.39, 0.29) is 32.0 Å². The molecular formula is C24H27ClF2N4O6S. The van der Waals surface area contributed by atoms with Gasteiger partial charge in [-0.25, -0.2) is 22.0 Å². The topological polar surface area (TPSA) is 122 Å². The van der Waals surface area contributed by atoms with Gasteiger partial charge in [0, 0.05) is 31.2 Å². The monoisotopic (exact) mass is 572 g/mol. The lowest BCUT2D eigenvalue weighted by Crippen LogP contribution is -2.60. The van der Waals surface area contributed by atoms with Gasteiger partial charge in [-0.2, -0.15) is 4.31 Å². The fraction of sp³-hybridized carbons (Fsp3) is 0.417. The Morgan fingerprint density at radius 1 is 1.03 bits per heavy atom. The van der Waals surface area contributed by atoms with Crippen LogP contribution in [0, 0.1) is 11.6 Å². The number of halogens is 3. The Morgan fingerprint density at radius 2 is 1.66 bits per heavy atom. The van der Waals surface area contributed by atoms with Crippen LogP contribution in [0.5, 0.6) is 11.5 Å². The third-order valence-electron chi connectivity index (χ3n) is 6.36. The molecule has 0 aromatic heterocycles. The van der Waals surface area contributed by atoms with Crippen LogP contribution in [-0.4, -0.2) is 86.4 Å². The predicted octanol–water partition coefficient (Wildman–Crippen LogP) is 2.80. The van der Waals surface area contributed by atoms with Gasteiger partial charge >= 0.3 is 6.09 Å². The Labute approximate surface area is 223 Å². The number of piperazine rings is 1. The third-order valence-corrected chi connectivity index (χ3v) is 8.50. The first-order chi connectivity index (χ1) is 18.1. The second-order valence-corrected chi connectivity index (χ2v) is 11.2. The summed E-state index contributed by atoms with van der Waals surface area (Å²) >= 11 is 5.79. The summed E-state index contributed by atoms with van der Waals surface area (Å²) in [4.78, 5) is 27.3. The fourth-order valence-electron chi connectivity index (χ4n) is 4.35. The first-order valence-corrected chi connectivity index (χ1v) is 13.8. The highest BCUT2D eigenvalue weighted by Gasteiger charge is 2.41. The molecule has 10 nitrogen and oxygen atoms in total. The molecule has 1 atom stereocenters. The molecule has 2 fully saturated rings. The maximum atomic E-state index is 14.8. The molecule has 2 aliphatic heterocycles. The van der Waals surface area contributed by atoms with Crippen LogP contribution in [0.4, 0.5) is 13.6 Å². The minimum atomic E-state index is -4.58. The zero-order valence-corrected chi connectivity index (χ0v) is 21.9. The summed E-state index contributed by atoms with van der Waals surface area (Å²) in [7, 11) is -4.58. The van der Waals surface area contributed by atoms with Crippen molar-refractivity contribution in [3.63, 3.8) is 0 Å². The number of primary amides is 1. The van der Waals surface area contributed by atoms with Crippen molar-refractivity contribution < 1.29 is 36.3 Å². The number of benzene rings is 2. The van der Waals surface area contributed by atoms with Crippen molar-refractivity contribution in [1.29, 1.82) is 0 Å². The summed E-state index contributed by atoms with van der Waals surface area (Å²) < 4.78 is 67.4. The Hall–Kier alpha value is -3.00. The van der Waals surface area contributed by atoms with Crippen LogP contribution >= 0.6 is 11.6 Å². The number of amides is 2. The second kappa shape index (κ2) is 11.8. The highest BCUT2D eigenvalue weighted by molar-refractivity contribution is 7.89. The van der Waals surface area contributed by atoms with Crippen LogP contribution in [0.25, 0.3) is 0 Å². The van der Waals surface area contributed by atoms with E-state index < -0.39 is 50.3 Å². The van der Waals surface area contributed by atoms with Crippen LogP contribution in [0.3, 0.4) is 0 Å². The molecule has 2 aromatic carbocycles. The molecule has 0 unspecified atom stereocenters. The molecule has 206 valence electrons. The van der Waals surface area contributed by atoms with E-state index >= 15 is 0 Å². The number of ether oxygens (including phenoxy) is 2. The Balaban J connectivity index is 1.46. The van der Waals surface area contributed by atoms with Crippen molar-refractivity contribution in [3.05, 3.63) is 53.1 Å². The smallest absolute Gasteiger partial charge is 0.409 e. The molecule has 2 amide bonds. The van der Waals surface area contributed by atoms with Gasteiger partial charge in [-0.15, -0.1) is 0 Å². The van der Waals surface area contributed by atoms with Crippen LogP contribution in [-0.2, 0) is 19.6 Å². The molecule has 4 rings (SSSR count). The zero-order valence-electron chi connectivity index (χ0n) is 20.3. The number of likely N-dealkylation sites (tertiary alicyclic amines) is 1. The molecule has 0 aliphatic carbocycles. The minimum Gasteiger partial charge on any atom is -0.451 e. The molecule has 14 heteroatoms. The fourth-order valence-corrected chi connectivity index (χ4v) is 6.08. The maximum absolute atomic E-state index is 14.8. The van der Waals surface area contributed by atoms with Gasteiger partial charge in [0.2, 0.25) is 15.9 Å². The number of nitrogens with two attached hydrogens (primary N) is 1. The van der Waals surface area contributed by atoms with E-state index in [9.17, 15) is 26.8 Å². The Kier molecular flexibility index (Phi) is 8.71. The average Bonchev–Trinajstić information content (AvgIpc) is 3.40. The van der Waals surface area contributed by atoms with Crippen molar-refractivity contribution in [2.24, 2.45) is 5.73 Å². The first-order valence-electron chi connectivity index (χ1n) is 11.9. The van der Waals surface area contributed by atoms with Gasteiger partial charge in [0.15, 0.2) is 17.4 Å². The lowest BCUT2D eigenvalue weighted by atomic mass is 10.2. The molecule has 0 bridgehead atoms. The van der Waals surface area contributed by atoms with E-state index in [1.54, 1.807) is 0 Å². The standard InChI is InChI=1S/C24H27ClF2N4O6S/c25-16-3-5-17(6-4-16)37-22-19(26)13-18(14-20(22)27)38(34,35)31-10-9-30(15-21(31)23(28)32)24(33)36-12-11-29-7-1-2-8-29/h3-6,13-14,21H,1-2,7-12,15H2,(H2,28,32)/t21-/m1/s1. The van der Waals surface area contributed by atoms with Crippen molar-refractivity contribution in [2.45, 2.75) is 23.8 Å². The normalized spacial score (nSPS) is 18.9. The number of carbonyl (C=O) groups is 2. The summed E-state index contributed by atoms with van der Waals surface area (Å²) in [6, 6.07) is 5.43. The van der Waals surface area contributed by atoms with E-state index in [1.165, 1.54) is 29.2 Å². The molecule has 2 heterocycles. The summed E-state index contributed by atoms with van der Waals surface area (Å²) in [5.74, 6) is -4.28. The number of rotatable bonds is 8. The third kappa shape index (κ3) is 6.34. The Bertz CT molecular complexity index is 1270. The SMILES string of the molecule is NC(=O)[C@H]1CN(C(=O)OCCN2CCCC2)CCN1S(=O)(=O)c1cc(F)c(Oc2ccc(Cl)cc2)c(F)c1. The van der Waals surface area contributed by atoms with Gasteiger partial charge in [-0.1, -0.05) is 11.6 Å². The van der Waals surface area contributed by atoms with Gasteiger partial charge in [-0.05, 0) is 62.3 Å². The molecule has 0 radical (unpaired) electrons. The van der Waals surface area contributed by atoms with Crippen LogP contribution in [0.2, 0.25) is 5.02 Å². The molecule has 0 spiro atoms. The molecule has 0 saturated carbocycles. The highest BCUT2D eigenvalue weighted by atomic mass is 35.5. The van der Waals surface area contributed by atoms with Gasteiger partial charge in [0.25, 0.3) is 0 Å². The quantitative estimate of drug-likeness (QED) is 0.516. The summed E-state index contributed by atoms with van der Waals surface area (Å²) in [6.07, 6.45) is 1.49. The molecule has 2 saturated heterocycles. The highest BCUT2D eigenvalue weighted by Crippen LogP contribution is 2.32.